The molecule has 58 valence electrons. The summed E-state index contributed by atoms with van der Waals surface area (Å²) in [6, 6.07) is 4.81. The zero-order valence-electron chi connectivity index (χ0n) is 6.39. The molecule has 0 saturated carbocycles. The first-order chi connectivity index (χ1) is 5.27. The van der Waals surface area contributed by atoms with E-state index in [1.807, 2.05) is 0 Å². The molecule has 2 heteroatoms. The smallest absolute Gasteiger partial charge is 0.146 e. The average molecular weight is 151 g/mol. The number of anilines is 1. The van der Waals surface area contributed by atoms with E-state index in [0.717, 1.165) is 5.56 Å². The van der Waals surface area contributed by atoms with Gasteiger partial charge in [-0.25, -0.2) is 4.39 Å². The maximum Gasteiger partial charge on any atom is 0.146 e. The van der Waals surface area contributed by atoms with Gasteiger partial charge in [0.2, 0.25) is 0 Å². The quantitative estimate of drug-likeness (QED) is 0.684. The van der Waals surface area contributed by atoms with E-state index in [2.05, 4.69) is 11.9 Å². The summed E-state index contributed by atoms with van der Waals surface area (Å²) >= 11 is 0. The maximum atomic E-state index is 12.8. The van der Waals surface area contributed by atoms with E-state index in [4.69, 9.17) is 0 Å². The van der Waals surface area contributed by atoms with Crippen LogP contribution in [-0.2, 0) is 0 Å². The Balaban J connectivity index is 3.12. The molecule has 0 aliphatic carbocycles. The Hall–Kier alpha value is -1.31. The van der Waals surface area contributed by atoms with Crippen molar-refractivity contribution in [3.63, 3.8) is 0 Å². The topological polar surface area (TPSA) is 12.0 Å². The van der Waals surface area contributed by atoms with E-state index in [1.54, 1.807) is 25.3 Å². The van der Waals surface area contributed by atoms with Crippen molar-refractivity contribution in [1.82, 2.24) is 0 Å². The SMILES string of the molecule is C=Cc1ccc(F)c(NC)c1. The molecule has 1 aromatic rings. The third-order valence-electron chi connectivity index (χ3n) is 1.50. The van der Waals surface area contributed by atoms with Gasteiger partial charge in [-0.15, -0.1) is 0 Å². The second-order valence-electron chi connectivity index (χ2n) is 2.19. The van der Waals surface area contributed by atoms with Crippen LogP contribution in [0.4, 0.5) is 10.1 Å². The molecular weight excluding hydrogens is 141 g/mol. The van der Waals surface area contributed by atoms with Crippen molar-refractivity contribution in [2.24, 2.45) is 0 Å². The number of hydrogen-bond acceptors (Lipinski definition) is 1. The van der Waals surface area contributed by atoms with Gasteiger partial charge in [-0.1, -0.05) is 18.7 Å². The minimum atomic E-state index is -0.238. The molecule has 0 unspecified atom stereocenters. The van der Waals surface area contributed by atoms with Gasteiger partial charge in [0.15, 0.2) is 0 Å². The highest BCUT2D eigenvalue weighted by atomic mass is 19.1. The molecular formula is C9H10FN. The van der Waals surface area contributed by atoms with Crippen LogP contribution in [0.5, 0.6) is 0 Å². The lowest BCUT2D eigenvalue weighted by molar-refractivity contribution is 0.631. The third kappa shape index (κ3) is 1.58. The Kier molecular flexibility index (Phi) is 2.26. The van der Waals surface area contributed by atoms with Gasteiger partial charge < -0.3 is 5.32 Å². The van der Waals surface area contributed by atoms with Crippen molar-refractivity contribution in [3.05, 3.63) is 36.2 Å². The Morgan fingerprint density at radius 1 is 1.55 bits per heavy atom. The predicted molar refractivity (Wildman–Crippen MR) is 46.0 cm³/mol. The lowest BCUT2D eigenvalue weighted by Gasteiger charge is -2.01. The van der Waals surface area contributed by atoms with Gasteiger partial charge in [0.1, 0.15) is 5.82 Å². The predicted octanol–water partition coefficient (Wildman–Crippen LogP) is 2.51. The zero-order valence-corrected chi connectivity index (χ0v) is 6.39. The van der Waals surface area contributed by atoms with Crippen LogP contribution >= 0.6 is 0 Å². The minimum absolute atomic E-state index is 0.238. The number of rotatable bonds is 2. The molecule has 1 nitrogen and oxygen atoms in total. The minimum Gasteiger partial charge on any atom is -0.386 e. The molecule has 0 aromatic heterocycles. The highest BCUT2D eigenvalue weighted by Gasteiger charge is 1.97. The monoisotopic (exact) mass is 151 g/mol. The highest BCUT2D eigenvalue weighted by Crippen LogP contribution is 2.15. The van der Waals surface area contributed by atoms with Crippen molar-refractivity contribution in [1.29, 1.82) is 0 Å². The van der Waals surface area contributed by atoms with E-state index in [-0.39, 0.29) is 5.82 Å². The van der Waals surface area contributed by atoms with Crippen molar-refractivity contribution in [2.75, 3.05) is 12.4 Å². The van der Waals surface area contributed by atoms with E-state index in [9.17, 15) is 4.39 Å². The van der Waals surface area contributed by atoms with Crippen LogP contribution in [0.3, 0.4) is 0 Å². The van der Waals surface area contributed by atoms with Crippen molar-refractivity contribution < 1.29 is 4.39 Å². The normalized spacial score (nSPS) is 9.27. The van der Waals surface area contributed by atoms with E-state index >= 15 is 0 Å². The average Bonchev–Trinajstić information content (AvgIpc) is 2.05. The van der Waals surface area contributed by atoms with Crippen molar-refractivity contribution in [3.8, 4) is 0 Å². The van der Waals surface area contributed by atoms with Crippen LogP contribution in [0.15, 0.2) is 24.8 Å². The Morgan fingerprint density at radius 3 is 2.82 bits per heavy atom. The van der Waals surface area contributed by atoms with Crippen LogP contribution < -0.4 is 5.32 Å². The highest BCUT2D eigenvalue weighted by molar-refractivity contribution is 5.56. The van der Waals surface area contributed by atoms with Gasteiger partial charge in [0.25, 0.3) is 0 Å². The first-order valence-electron chi connectivity index (χ1n) is 3.37. The molecule has 1 N–H and O–H groups in total. The van der Waals surface area contributed by atoms with Gasteiger partial charge in [-0.3, -0.25) is 0 Å². The summed E-state index contributed by atoms with van der Waals surface area (Å²) in [5.41, 5.74) is 1.41. The number of benzene rings is 1. The maximum absolute atomic E-state index is 12.8. The summed E-state index contributed by atoms with van der Waals surface area (Å²) in [5, 5.41) is 2.75. The number of nitrogens with one attached hydrogen (secondary N) is 1. The lowest BCUT2D eigenvalue weighted by Crippen LogP contribution is -1.92. The Morgan fingerprint density at radius 2 is 2.27 bits per heavy atom. The van der Waals surface area contributed by atoms with Crippen molar-refractivity contribution in [2.45, 2.75) is 0 Å². The summed E-state index contributed by atoms with van der Waals surface area (Å²) in [7, 11) is 1.69. The number of halogens is 1. The molecule has 0 bridgehead atoms. The van der Waals surface area contributed by atoms with Gasteiger partial charge in [-0.2, -0.15) is 0 Å². The molecule has 0 aliphatic heterocycles. The fraction of sp³-hybridized carbons (Fsp3) is 0.111. The molecule has 0 aliphatic rings. The van der Waals surface area contributed by atoms with Crippen LogP contribution in [0.25, 0.3) is 6.08 Å². The summed E-state index contributed by atoms with van der Waals surface area (Å²) in [6.45, 7) is 3.59. The van der Waals surface area contributed by atoms with E-state index < -0.39 is 0 Å². The molecule has 0 radical (unpaired) electrons. The van der Waals surface area contributed by atoms with Crippen molar-refractivity contribution >= 4 is 11.8 Å². The van der Waals surface area contributed by atoms with Gasteiger partial charge in [0.05, 0.1) is 5.69 Å². The van der Waals surface area contributed by atoms with Crippen LogP contribution in [-0.4, -0.2) is 7.05 Å². The largest absolute Gasteiger partial charge is 0.386 e. The first-order valence-corrected chi connectivity index (χ1v) is 3.37. The van der Waals surface area contributed by atoms with Gasteiger partial charge >= 0.3 is 0 Å². The molecule has 0 saturated heterocycles. The molecule has 1 rings (SSSR count). The first kappa shape index (κ1) is 7.79. The molecule has 0 spiro atoms. The summed E-state index contributed by atoms with van der Waals surface area (Å²) in [4.78, 5) is 0. The molecule has 1 aromatic carbocycles. The van der Waals surface area contributed by atoms with Crippen LogP contribution in [0.2, 0.25) is 0 Å². The van der Waals surface area contributed by atoms with Gasteiger partial charge in [-0.05, 0) is 17.7 Å². The Bertz CT molecular complexity index is 268. The number of hydrogen-bond donors (Lipinski definition) is 1. The molecule has 0 heterocycles. The summed E-state index contributed by atoms with van der Waals surface area (Å²) in [6.07, 6.45) is 1.68. The fourth-order valence-corrected chi connectivity index (χ4v) is 0.861. The lowest BCUT2D eigenvalue weighted by atomic mass is 10.2. The summed E-state index contributed by atoms with van der Waals surface area (Å²) in [5.74, 6) is -0.238. The summed E-state index contributed by atoms with van der Waals surface area (Å²) < 4.78 is 12.8. The van der Waals surface area contributed by atoms with E-state index in [0.29, 0.717) is 5.69 Å². The fourth-order valence-electron chi connectivity index (χ4n) is 0.861. The van der Waals surface area contributed by atoms with Gasteiger partial charge in [0, 0.05) is 7.05 Å². The Labute approximate surface area is 65.6 Å². The third-order valence-corrected chi connectivity index (χ3v) is 1.50. The van der Waals surface area contributed by atoms with E-state index in [1.165, 1.54) is 6.07 Å². The standard InChI is InChI=1S/C9H10FN/c1-3-7-4-5-8(10)9(6-7)11-2/h3-6,11H,1H2,2H3. The zero-order chi connectivity index (χ0) is 8.27. The molecule has 11 heavy (non-hydrogen) atoms. The van der Waals surface area contributed by atoms with Crippen LogP contribution in [0.1, 0.15) is 5.56 Å². The molecule has 0 atom stereocenters. The second kappa shape index (κ2) is 3.19. The van der Waals surface area contributed by atoms with Crippen LogP contribution in [0, 0.1) is 5.82 Å². The molecule has 0 fully saturated rings. The second-order valence-corrected chi connectivity index (χ2v) is 2.19. The molecule has 0 amide bonds.